The summed E-state index contributed by atoms with van der Waals surface area (Å²) < 4.78 is 20.7. The summed E-state index contributed by atoms with van der Waals surface area (Å²) >= 11 is 0. The Morgan fingerprint density at radius 3 is 1.78 bits per heavy atom. The smallest absolute Gasteiger partial charge is 0.394 e. The van der Waals surface area contributed by atoms with E-state index in [2.05, 4.69) is 82.0 Å². The van der Waals surface area contributed by atoms with Gasteiger partial charge in [-0.1, -0.05) is 79.8 Å². The van der Waals surface area contributed by atoms with Gasteiger partial charge < -0.3 is 20.4 Å². The number of allylic oxidation sites excluding steroid dienone is 12. The molecule has 204 valence electrons. The van der Waals surface area contributed by atoms with E-state index in [1.807, 2.05) is 12.2 Å². The van der Waals surface area contributed by atoms with Crippen LogP contribution in [0.25, 0.3) is 0 Å². The lowest BCUT2D eigenvalue weighted by Gasteiger charge is -2.14. The van der Waals surface area contributed by atoms with Crippen LogP contribution in [-0.4, -0.2) is 53.5 Å². The van der Waals surface area contributed by atoms with E-state index in [-0.39, 0.29) is 19.1 Å². The van der Waals surface area contributed by atoms with E-state index in [1.165, 1.54) is 0 Å². The molecule has 0 aromatic heterocycles. The standard InChI is InChI=1S/C27H44NO7P/c1-2-3-4-5-6-7-8-9-10-11-12-13-14-15-16-17-18-19-20-21-27(31)28-22-23-34-36(32,33)35-25-26(30)24-29/h3-4,6-7,9-10,12-13,15-16,18-19,26,29-30H,2,5,8,11,14,17,20-25H2,1H3,(H,28,31)(H,32,33)/b4-3-,7-6-,10-9-,13-12-,16-15-,19-18-/t26-/m1/s1. The van der Waals surface area contributed by atoms with Crippen molar-refractivity contribution in [2.24, 2.45) is 0 Å². The second-order valence-corrected chi connectivity index (χ2v) is 9.19. The Balaban J connectivity index is 3.69. The summed E-state index contributed by atoms with van der Waals surface area (Å²) in [6, 6.07) is 0. The van der Waals surface area contributed by atoms with Gasteiger partial charge in [-0.25, -0.2) is 4.57 Å². The first kappa shape index (κ1) is 33.9. The fourth-order valence-electron chi connectivity index (χ4n) is 2.56. The van der Waals surface area contributed by atoms with Crippen LogP contribution in [-0.2, 0) is 18.4 Å². The molecule has 0 aliphatic rings. The minimum atomic E-state index is -4.33. The molecule has 0 radical (unpaired) electrons. The molecule has 0 aromatic carbocycles. The van der Waals surface area contributed by atoms with Gasteiger partial charge in [0.2, 0.25) is 5.91 Å². The van der Waals surface area contributed by atoms with Crippen LogP contribution in [0, 0.1) is 0 Å². The molecule has 0 saturated heterocycles. The number of aliphatic hydroxyl groups excluding tert-OH is 2. The Labute approximate surface area is 216 Å². The van der Waals surface area contributed by atoms with E-state index >= 15 is 0 Å². The van der Waals surface area contributed by atoms with E-state index in [1.54, 1.807) is 0 Å². The number of rotatable bonds is 22. The Kier molecular flexibility index (Phi) is 23.2. The summed E-state index contributed by atoms with van der Waals surface area (Å²) in [5, 5.41) is 20.3. The highest BCUT2D eigenvalue weighted by atomic mass is 31.2. The van der Waals surface area contributed by atoms with E-state index in [0.717, 1.165) is 38.5 Å². The second-order valence-electron chi connectivity index (χ2n) is 7.74. The quantitative estimate of drug-likeness (QED) is 0.0884. The molecular weight excluding hydrogens is 481 g/mol. The number of carbonyl (C=O) groups excluding carboxylic acids is 1. The van der Waals surface area contributed by atoms with Crippen molar-refractivity contribution in [3.8, 4) is 0 Å². The molecule has 0 fully saturated rings. The Morgan fingerprint density at radius 2 is 1.31 bits per heavy atom. The number of phosphoric ester groups is 1. The van der Waals surface area contributed by atoms with Gasteiger partial charge in [-0.2, -0.15) is 0 Å². The van der Waals surface area contributed by atoms with Gasteiger partial charge in [0.1, 0.15) is 6.10 Å². The molecule has 0 saturated carbocycles. The average Bonchev–Trinajstić information content (AvgIpc) is 2.86. The molecule has 36 heavy (non-hydrogen) atoms. The van der Waals surface area contributed by atoms with Crippen LogP contribution in [0.4, 0.5) is 0 Å². The number of amides is 1. The first-order chi connectivity index (χ1) is 17.4. The molecule has 1 unspecified atom stereocenters. The molecular formula is C27H44NO7P. The predicted octanol–water partition coefficient (Wildman–Crippen LogP) is 5.07. The maximum atomic E-state index is 11.7. The van der Waals surface area contributed by atoms with E-state index in [4.69, 9.17) is 10.2 Å². The zero-order chi connectivity index (χ0) is 26.7. The van der Waals surface area contributed by atoms with Crippen LogP contribution in [0.2, 0.25) is 0 Å². The third kappa shape index (κ3) is 25.0. The molecule has 8 nitrogen and oxygen atoms in total. The number of phosphoric acid groups is 1. The van der Waals surface area contributed by atoms with Crippen molar-refractivity contribution in [2.45, 2.75) is 64.4 Å². The van der Waals surface area contributed by atoms with Gasteiger partial charge in [0.25, 0.3) is 0 Å². The SMILES string of the molecule is CC/C=C\C/C=C\C/C=C\C/C=C\C/C=C\C/C=C\CCC(=O)NCCOP(=O)(O)OC[C@H](O)CO. The Morgan fingerprint density at radius 1 is 0.833 bits per heavy atom. The monoisotopic (exact) mass is 525 g/mol. The molecule has 1 amide bonds. The number of nitrogens with one attached hydrogen (secondary N) is 1. The van der Waals surface area contributed by atoms with Crippen molar-refractivity contribution in [1.29, 1.82) is 0 Å². The molecule has 0 rings (SSSR count). The van der Waals surface area contributed by atoms with Crippen LogP contribution in [0.5, 0.6) is 0 Å². The van der Waals surface area contributed by atoms with Gasteiger partial charge in [-0.3, -0.25) is 13.8 Å². The largest absolute Gasteiger partial charge is 0.472 e. The molecule has 9 heteroatoms. The summed E-state index contributed by atoms with van der Waals surface area (Å²) in [5.41, 5.74) is 0. The summed E-state index contributed by atoms with van der Waals surface area (Å²) in [7, 11) is -4.33. The number of hydrogen-bond donors (Lipinski definition) is 4. The summed E-state index contributed by atoms with van der Waals surface area (Å²) in [6.45, 7) is 0.861. The lowest BCUT2D eigenvalue weighted by molar-refractivity contribution is -0.121. The lowest BCUT2D eigenvalue weighted by Crippen LogP contribution is -2.26. The van der Waals surface area contributed by atoms with Crippen molar-refractivity contribution in [3.05, 3.63) is 72.9 Å². The van der Waals surface area contributed by atoms with Gasteiger partial charge in [0.15, 0.2) is 0 Å². The average molecular weight is 526 g/mol. The van der Waals surface area contributed by atoms with Gasteiger partial charge in [0.05, 0.1) is 19.8 Å². The van der Waals surface area contributed by atoms with Gasteiger partial charge >= 0.3 is 7.82 Å². The number of aliphatic hydroxyl groups is 2. The van der Waals surface area contributed by atoms with Crippen molar-refractivity contribution in [2.75, 3.05) is 26.4 Å². The van der Waals surface area contributed by atoms with Crippen LogP contribution >= 0.6 is 7.82 Å². The second kappa shape index (κ2) is 24.6. The molecule has 0 aliphatic heterocycles. The maximum Gasteiger partial charge on any atom is 0.472 e. The Hall–Kier alpha value is -2.06. The normalized spacial score (nSPS) is 15.3. The van der Waals surface area contributed by atoms with E-state index in [9.17, 15) is 14.3 Å². The van der Waals surface area contributed by atoms with Crippen LogP contribution < -0.4 is 5.32 Å². The first-order valence-electron chi connectivity index (χ1n) is 12.5. The third-order valence-corrected chi connectivity index (χ3v) is 5.44. The lowest BCUT2D eigenvalue weighted by atomic mass is 10.2. The molecule has 2 atom stereocenters. The summed E-state index contributed by atoms with van der Waals surface area (Å²) in [5.74, 6) is -0.192. The van der Waals surface area contributed by atoms with Crippen molar-refractivity contribution < 1.29 is 33.5 Å². The number of hydrogen-bond acceptors (Lipinski definition) is 6. The highest BCUT2D eigenvalue weighted by molar-refractivity contribution is 7.47. The molecule has 0 bridgehead atoms. The highest BCUT2D eigenvalue weighted by Gasteiger charge is 2.22. The first-order valence-corrected chi connectivity index (χ1v) is 14.0. The minimum absolute atomic E-state index is 0.0546. The Bertz CT molecular complexity index is 772. The maximum absolute atomic E-state index is 11.7. The van der Waals surface area contributed by atoms with Crippen LogP contribution in [0.3, 0.4) is 0 Å². The van der Waals surface area contributed by atoms with Crippen LogP contribution in [0.1, 0.15) is 58.3 Å². The zero-order valence-corrected chi connectivity index (χ0v) is 22.3. The molecule has 4 N–H and O–H groups in total. The minimum Gasteiger partial charge on any atom is -0.394 e. The molecule has 0 spiro atoms. The van der Waals surface area contributed by atoms with Crippen LogP contribution in [0.15, 0.2) is 72.9 Å². The van der Waals surface area contributed by atoms with E-state index in [0.29, 0.717) is 12.8 Å². The molecule has 0 aliphatic carbocycles. The fourth-order valence-corrected chi connectivity index (χ4v) is 3.32. The van der Waals surface area contributed by atoms with Crippen molar-refractivity contribution in [1.82, 2.24) is 5.32 Å². The summed E-state index contributed by atoms with van der Waals surface area (Å²) in [6.07, 6.45) is 30.9. The van der Waals surface area contributed by atoms with Gasteiger partial charge in [0, 0.05) is 13.0 Å². The fraction of sp³-hybridized carbons (Fsp3) is 0.519. The molecule has 0 aromatic rings. The summed E-state index contributed by atoms with van der Waals surface area (Å²) in [4.78, 5) is 21.1. The van der Waals surface area contributed by atoms with Gasteiger partial charge in [-0.15, -0.1) is 0 Å². The zero-order valence-electron chi connectivity index (χ0n) is 21.4. The molecule has 0 heterocycles. The van der Waals surface area contributed by atoms with Gasteiger partial charge in [-0.05, 0) is 44.9 Å². The van der Waals surface area contributed by atoms with Crippen molar-refractivity contribution >= 4 is 13.7 Å². The predicted molar refractivity (Wildman–Crippen MR) is 145 cm³/mol. The third-order valence-electron chi connectivity index (χ3n) is 4.45. The topological polar surface area (TPSA) is 125 Å². The van der Waals surface area contributed by atoms with E-state index < -0.39 is 27.1 Å². The number of carbonyl (C=O) groups is 1. The van der Waals surface area contributed by atoms with Crippen molar-refractivity contribution in [3.63, 3.8) is 0 Å². The highest BCUT2D eigenvalue weighted by Crippen LogP contribution is 2.42.